The zero-order valence-electron chi connectivity index (χ0n) is 12.9. The van der Waals surface area contributed by atoms with Crippen molar-refractivity contribution in [2.75, 3.05) is 43.9 Å². The maximum Gasteiger partial charge on any atom is 0.306 e. The van der Waals surface area contributed by atoms with Gasteiger partial charge >= 0.3 is 10.1 Å². The van der Waals surface area contributed by atoms with E-state index in [1.54, 1.807) is 6.07 Å². The second-order valence-corrected chi connectivity index (χ2v) is 6.95. The fraction of sp³-hybridized carbons (Fsp3) is 0.533. The summed E-state index contributed by atoms with van der Waals surface area (Å²) in [4.78, 5) is 4.50. The molecule has 1 aromatic carbocycles. The maximum atomic E-state index is 11.3. The minimum Gasteiger partial charge on any atom is -0.381 e. The van der Waals surface area contributed by atoms with E-state index in [0.29, 0.717) is 0 Å². The Morgan fingerprint density at radius 2 is 1.95 bits per heavy atom. The zero-order chi connectivity index (χ0) is 16.2. The van der Waals surface area contributed by atoms with Crippen LogP contribution in [-0.2, 0) is 10.1 Å². The van der Waals surface area contributed by atoms with E-state index in [-0.39, 0.29) is 11.3 Å². The number of piperazine rings is 1. The van der Waals surface area contributed by atoms with Crippen molar-refractivity contribution in [2.45, 2.75) is 13.3 Å². The van der Waals surface area contributed by atoms with Crippen molar-refractivity contribution in [2.24, 2.45) is 0 Å². The van der Waals surface area contributed by atoms with Gasteiger partial charge in [0.25, 0.3) is 0 Å². The highest BCUT2D eigenvalue weighted by Gasteiger charge is 2.21. The Labute approximate surface area is 132 Å². The Hall–Kier alpha value is -1.78. The van der Waals surface area contributed by atoms with Crippen molar-refractivity contribution in [3.8, 4) is 11.8 Å². The molecule has 0 aromatic heterocycles. The number of hydrogen-bond donors (Lipinski definition) is 0. The summed E-state index contributed by atoms with van der Waals surface area (Å²) in [5.74, 6) is 0.0958. The highest BCUT2D eigenvalue weighted by Crippen LogP contribution is 2.30. The van der Waals surface area contributed by atoms with Gasteiger partial charge in [-0.05, 0) is 25.1 Å². The molecule has 22 heavy (non-hydrogen) atoms. The van der Waals surface area contributed by atoms with Crippen LogP contribution in [0, 0.1) is 11.3 Å². The van der Waals surface area contributed by atoms with Gasteiger partial charge in [-0.2, -0.15) is 13.7 Å². The van der Waals surface area contributed by atoms with E-state index in [2.05, 4.69) is 22.8 Å². The van der Waals surface area contributed by atoms with E-state index in [0.717, 1.165) is 51.1 Å². The van der Waals surface area contributed by atoms with Gasteiger partial charge in [-0.25, -0.2) is 0 Å². The lowest BCUT2D eigenvalue weighted by Gasteiger charge is -2.36. The van der Waals surface area contributed by atoms with Crippen LogP contribution in [0.15, 0.2) is 18.2 Å². The van der Waals surface area contributed by atoms with Crippen LogP contribution in [0.5, 0.6) is 5.75 Å². The molecule has 1 aliphatic heterocycles. The first-order valence-electron chi connectivity index (χ1n) is 7.34. The zero-order valence-corrected chi connectivity index (χ0v) is 13.8. The van der Waals surface area contributed by atoms with Gasteiger partial charge in [-0.1, -0.05) is 13.0 Å². The molecule has 0 N–H and O–H groups in total. The van der Waals surface area contributed by atoms with Crippen LogP contribution < -0.4 is 9.08 Å². The van der Waals surface area contributed by atoms with Crippen LogP contribution in [0.25, 0.3) is 0 Å². The lowest BCUT2D eigenvalue weighted by Crippen LogP contribution is -2.46. The largest absolute Gasteiger partial charge is 0.381 e. The Balaban J connectivity index is 2.22. The van der Waals surface area contributed by atoms with Gasteiger partial charge in [-0.3, -0.25) is 4.90 Å². The van der Waals surface area contributed by atoms with Gasteiger partial charge in [0.1, 0.15) is 11.6 Å². The second kappa shape index (κ2) is 6.99. The summed E-state index contributed by atoms with van der Waals surface area (Å²) in [7, 11) is -3.65. The van der Waals surface area contributed by atoms with Gasteiger partial charge in [0.15, 0.2) is 5.75 Å². The fourth-order valence-electron chi connectivity index (χ4n) is 2.66. The monoisotopic (exact) mass is 323 g/mol. The Morgan fingerprint density at radius 3 is 2.50 bits per heavy atom. The molecule has 1 fully saturated rings. The lowest BCUT2D eigenvalue weighted by atomic mass is 10.1. The van der Waals surface area contributed by atoms with E-state index < -0.39 is 10.1 Å². The molecule has 120 valence electrons. The molecular formula is C15H21N3O3S. The number of benzene rings is 1. The fourth-order valence-corrected chi connectivity index (χ4v) is 3.12. The van der Waals surface area contributed by atoms with E-state index in [1.807, 2.05) is 6.07 Å². The summed E-state index contributed by atoms with van der Waals surface area (Å²) in [6.07, 6.45) is 2.10. The molecule has 0 bridgehead atoms. The first kappa shape index (κ1) is 16.6. The first-order chi connectivity index (χ1) is 10.4. The summed E-state index contributed by atoms with van der Waals surface area (Å²) in [6, 6.07) is 7.14. The molecule has 1 saturated heterocycles. The predicted molar refractivity (Wildman–Crippen MR) is 85.6 cm³/mol. The van der Waals surface area contributed by atoms with Crippen molar-refractivity contribution >= 4 is 15.8 Å². The van der Waals surface area contributed by atoms with Crippen LogP contribution in [0.3, 0.4) is 0 Å². The molecule has 7 heteroatoms. The standard InChI is InChI=1S/C15H21N3O3S/c1-3-7-17-8-10-18(11-9-17)14-5-4-6-15(13(14)12-16)21-22(2,19)20/h4-6H,3,7-11H2,1-2H3. The molecule has 0 amide bonds. The van der Waals surface area contributed by atoms with Gasteiger partial charge < -0.3 is 9.08 Å². The van der Waals surface area contributed by atoms with E-state index >= 15 is 0 Å². The quantitative estimate of drug-likeness (QED) is 0.763. The molecule has 2 rings (SSSR count). The Bertz CT molecular complexity index is 659. The van der Waals surface area contributed by atoms with E-state index in [1.165, 1.54) is 6.07 Å². The summed E-state index contributed by atoms with van der Waals surface area (Å²) in [5, 5.41) is 9.40. The smallest absolute Gasteiger partial charge is 0.306 e. The first-order valence-corrected chi connectivity index (χ1v) is 9.16. The van der Waals surface area contributed by atoms with Crippen LogP contribution in [0.1, 0.15) is 18.9 Å². The Kier molecular flexibility index (Phi) is 5.27. The summed E-state index contributed by atoms with van der Waals surface area (Å²) in [5.41, 5.74) is 1.01. The number of rotatable bonds is 5. The highest BCUT2D eigenvalue weighted by molar-refractivity contribution is 7.86. The van der Waals surface area contributed by atoms with Crippen molar-refractivity contribution in [1.29, 1.82) is 5.26 Å². The topological polar surface area (TPSA) is 73.6 Å². The van der Waals surface area contributed by atoms with Crippen LogP contribution in [-0.4, -0.2) is 52.3 Å². The maximum absolute atomic E-state index is 11.3. The van der Waals surface area contributed by atoms with Gasteiger partial charge in [0.05, 0.1) is 11.9 Å². The summed E-state index contributed by atoms with van der Waals surface area (Å²) < 4.78 is 27.6. The highest BCUT2D eigenvalue weighted by atomic mass is 32.2. The number of anilines is 1. The van der Waals surface area contributed by atoms with Crippen molar-refractivity contribution in [3.63, 3.8) is 0 Å². The molecule has 0 saturated carbocycles. The van der Waals surface area contributed by atoms with Crippen LogP contribution in [0.2, 0.25) is 0 Å². The molecule has 0 aliphatic carbocycles. The molecule has 1 aromatic rings. The molecule has 1 heterocycles. The molecule has 0 spiro atoms. The normalized spacial score (nSPS) is 16.3. The van der Waals surface area contributed by atoms with Crippen molar-refractivity contribution in [1.82, 2.24) is 4.90 Å². The molecule has 6 nitrogen and oxygen atoms in total. The molecule has 0 atom stereocenters. The van der Waals surface area contributed by atoms with Crippen LogP contribution >= 0.6 is 0 Å². The molecular weight excluding hydrogens is 302 g/mol. The average Bonchev–Trinajstić information content (AvgIpc) is 2.46. The molecule has 0 radical (unpaired) electrons. The predicted octanol–water partition coefficient (Wildman–Crippen LogP) is 1.43. The minimum atomic E-state index is -3.65. The summed E-state index contributed by atoms with van der Waals surface area (Å²) in [6.45, 7) is 6.75. The van der Waals surface area contributed by atoms with Crippen LogP contribution in [0.4, 0.5) is 5.69 Å². The van der Waals surface area contributed by atoms with Gasteiger partial charge in [-0.15, -0.1) is 0 Å². The van der Waals surface area contributed by atoms with E-state index in [4.69, 9.17) is 4.18 Å². The Morgan fingerprint density at radius 1 is 1.27 bits per heavy atom. The minimum absolute atomic E-state index is 0.0958. The number of nitrogens with zero attached hydrogens (tertiary/aromatic N) is 3. The third kappa shape index (κ3) is 4.12. The number of nitriles is 1. The molecule has 1 aliphatic rings. The average molecular weight is 323 g/mol. The molecule has 0 unspecified atom stereocenters. The van der Waals surface area contributed by atoms with Gasteiger partial charge in [0, 0.05) is 26.2 Å². The summed E-state index contributed by atoms with van der Waals surface area (Å²) >= 11 is 0. The van der Waals surface area contributed by atoms with Gasteiger partial charge in [0.2, 0.25) is 0 Å². The third-order valence-corrected chi connectivity index (χ3v) is 4.09. The van der Waals surface area contributed by atoms with Crippen molar-refractivity contribution in [3.05, 3.63) is 23.8 Å². The third-order valence-electron chi connectivity index (χ3n) is 3.61. The number of hydrogen-bond acceptors (Lipinski definition) is 6. The van der Waals surface area contributed by atoms with Crippen molar-refractivity contribution < 1.29 is 12.6 Å². The van der Waals surface area contributed by atoms with E-state index in [9.17, 15) is 13.7 Å². The SMILES string of the molecule is CCCN1CCN(c2cccc(OS(C)(=O)=O)c2C#N)CC1. The lowest BCUT2D eigenvalue weighted by molar-refractivity contribution is 0.258. The second-order valence-electron chi connectivity index (χ2n) is 5.38.